The van der Waals surface area contributed by atoms with Crippen molar-refractivity contribution in [2.45, 2.75) is 262 Å². The molecule has 0 fully saturated rings. The molecule has 0 N–H and O–H groups in total. The van der Waals surface area contributed by atoms with Crippen LogP contribution < -0.4 is 26.2 Å². The van der Waals surface area contributed by atoms with Gasteiger partial charge in [-0.2, -0.15) is 0 Å². The zero-order chi connectivity index (χ0) is 67.4. The highest BCUT2D eigenvalue weighted by atomic mass is 15.2. The molecule has 0 bridgehead atoms. The molecule has 0 saturated carbocycles. The van der Waals surface area contributed by atoms with E-state index in [1.54, 1.807) is 0 Å². The normalized spacial score (nSPS) is 14.4. The van der Waals surface area contributed by atoms with Gasteiger partial charge in [-0.25, -0.2) is 9.97 Å². The van der Waals surface area contributed by atoms with Crippen LogP contribution in [0.4, 0.5) is 34.1 Å². The number of aromatic nitrogens is 2. The minimum absolute atomic E-state index is 0.103. The second-order valence-corrected chi connectivity index (χ2v) is 37.7. The lowest BCUT2D eigenvalue weighted by Gasteiger charge is -2.45. The molecule has 3 heterocycles. The summed E-state index contributed by atoms with van der Waals surface area (Å²) in [4.78, 5) is 17.0. The van der Waals surface area contributed by atoms with E-state index in [0.717, 1.165) is 56.7 Å². The van der Waals surface area contributed by atoms with Crippen LogP contribution in [0.15, 0.2) is 127 Å². The molecule has 5 heteroatoms. The Kier molecular flexibility index (Phi) is 16.2. The summed E-state index contributed by atoms with van der Waals surface area (Å²) in [5.74, 6) is 0.723. The quantitative estimate of drug-likeness (QED) is 0.161. The maximum Gasteiger partial charge on any atom is 0.252 e. The van der Waals surface area contributed by atoms with E-state index >= 15 is 0 Å². The van der Waals surface area contributed by atoms with E-state index in [0.29, 0.717) is 0 Å². The second-order valence-electron chi connectivity index (χ2n) is 37.7. The predicted molar refractivity (Wildman–Crippen MR) is 399 cm³/mol. The molecule has 0 aliphatic carbocycles. The van der Waals surface area contributed by atoms with Crippen LogP contribution in [0, 0.1) is 0 Å². The first-order valence-corrected chi connectivity index (χ1v) is 34.0. The summed E-state index contributed by atoms with van der Waals surface area (Å²) in [5.41, 5.74) is 27.8. The lowest BCUT2D eigenvalue weighted by molar-refractivity contribution is 0.568. The van der Waals surface area contributed by atoms with Crippen LogP contribution in [0.5, 0.6) is 0 Å². The molecular formula is C86H111BN4. The Hall–Kier alpha value is -6.72. The highest BCUT2D eigenvalue weighted by molar-refractivity contribution is 7.00. The number of fused-ring (bicyclic) bond motifs is 4. The Balaban J connectivity index is 1.45. The molecule has 7 aromatic carbocycles. The monoisotopic (exact) mass is 1210 g/mol. The van der Waals surface area contributed by atoms with E-state index in [-0.39, 0.29) is 60.9 Å². The van der Waals surface area contributed by atoms with Gasteiger partial charge in [0.15, 0.2) is 5.82 Å². The molecule has 478 valence electrons. The Labute approximate surface area is 552 Å². The van der Waals surface area contributed by atoms with Gasteiger partial charge < -0.3 is 9.80 Å². The summed E-state index contributed by atoms with van der Waals surface area (Å²) < 4.78 is 0. The minimum atomic E-state index is -0.126. The third-order valence-electron chi connectivity index (χ3n) is 19.5. The highest BCUT2D eigenvalue weighted by Crippen LogP contribution is 2.50. The molecule has 10 rings (SSSR count). The van der Waals surface area contributed by atoms with Crippen molar-refractivity contribution in [2.24, 2.45) is 0 Å². The van der Waals surface area contributed by atoms with Crippen LogP contribution in [0.25, 0.3) is 33.9 Å². The van der Waals surface area contributed by atoms with E-state index in [9.17, 15) is 0 Å². The lowest BCUT2D eigenvalue weighted by atomic mass is 9.33. The molecule has 91 heavy (non-hydrogen) atoms. The van der Waals surface area contributed by atoms with E-state index in [4.69, 9.17) is 9.97 Å². The number of nitrogens with zero attached hydrogens (tertiary/aromatic N) is 4. The second kappa shape index (κ2) is 21.9. The first-order chi connectivity index (χ1) is 41.4. The fraction of sp³-hybridized carbons (Fsp3) is 0.465. The third kappa shape index (κ3) is 13.3. The van der Waals surface area contributed by atoms with Crippen molar-refractivity contribution in [1.82, 2.24) is 9.97 Å². The Morgan fingerprint density at radius 3 is 0.769 bits per heavy atom. The maximum absolute atomic E-state index is 5.95. The van der Waals surface area contributed by atoms with E-state index < -0.39 is 0 Å². The Morgan fingerprint density at radius 1 is 0.242 bits per heavy atom. The minimum Gasteiger partial charge on any atom is -0.311 e. The van der Waals surface area contributed by atoms with Gasteiger partial charge in [0.25, 0.3) is 6.71 Å². The van der Waals surface area contributed by atoms with Gasteiger partial charge in [-0.15, -0.1) is 0 Å². The van der Waals surface area contributed by atoms with Crippen molar-refractivity contribution < 1.29 is 0 Å². The molecule has 2 aliphatic rings. The van der Waals surface area contributed by atoms with Gasteiger partial charge in [0.2, 0.25) is 0 Å². The number of benzene rings is 7. The number of hydrogen-bond donors (Lipinski definition) is 0. The maximum atomic E-state index is 5.95. The predicted octanol–water partition coefficient (Wildman–Crippen LogP) is 22.5. The largest absolute Gasteiger partial charge is 0.311 e. The van der Waals surface area contributed by atoms with Crippen molar-refractivity contribution in [1.29, 1.82) is 0 Å². The first kappa shape index (κ1) is 67.2. The molecule has 0 amide bonds. The summed E-state index contributed by atoms with van der Waals surface area (Å²) >= 11 is 0. The average molecular weight is 1210 g/mol. The van der Waals surface area contributed by atoms with Crippen LogP contribution in [0.1, 0.15) is 263 Å². The molecule has 0 unspecified atom stereocenters. The molecule has 1 aromatic heterocycles. The summed E-state index contributed by atoms with van der Waals surface area (Å²) in [6.45, 7) is 70.4. The van der Waals surface area contributed by atoms with Gasteiger partial charge >= 0.3 is 0 Å². The first-order valence-electron chi connectivity index (χ1n) is 34.0. The SMILES string of the molecule is CC(C)(C)c1cc(-c2cc(-c3cc4c5c(c3)N(c3cc(C(C)(C)C)cc(C(C)(C)C)c3)c3ccc(C(C)(C)C)cc3B5c3cc(C(C)(C)C)ccc3N4c3cc(C(C)(C)C)cc(C(C)(C)C)c3)nc(-c3cc(C(C)(C)C)cc(C(C)(C)C)c3)n2)cc(C(C)(C)C)c1. The van der Waals surface area contributed by atoms with E-state index in [1.807, 2.05) is 0 Å². The molecule has 0 radical (unpaired) electrons. The van der Waals surface area contributed by atoms with Gasteiger partial charge in [0.05, 0.1) is 11.4 Å². The van der Waals surface area contributed by atoms with Gasteiger partial charge in [-0.1, -0.05) is 256 Å². The molecule has 2 aliphatic heterocycles. The molecular weight excluding hydrogens is 1100 g/mol. The van der Waals surface area contributed by atoms with Crippen LogP contribution in [-0.4, -0.2) is 16.7 Å². The summed E-state index contributed by atoms with van der Waals surface area (Å²) in [7, 11) is 0. The van der Waals surface area contributed by atoms with Gasteiger partial charge in [-0.3, -0.25) is 0 Å². The van der Waals surface area contributed by atoms with E-state index in [2.05, 4.69) is 345 Å². The third-order valence-corrected chi connectivity index (χ3v) is 19.5. The van der Waals surface area contributed by atoms with Crippen LogP contribution in [0.2, 0.25) is 0 Å². The molecule has 0 spiro atoms. The lowest BCUT2D eigenvalue weighted by Crippen LogP contribution is -2.61. The highest BCUT2D eigenvalue weighted by Gasteiger charge is 2.46. The standard InChI is InChI=1S/C86H111BN4/c1-77(2,3)55-31-33-71-67(49-55)87-68-50-56(78(4,5)6)32-34-72(68)91(66-47-63(85(25,26)27)44-64(48-66)86(28,29)30)74-40-53(39-73(75(74)87)90(71)65-45-61(83(19,20)21)43-62(46-65)84(22,23)24)70-51-69(52-35-57(79(7,8)9)41-58(36-52)80(10,11)12)88-76(89-70)54-37-59(81(13,14)15)42-60(38-54)82(16,17)18/h31-51H,1-30H3. The molecule has 0 atom stereocenters. The molecule has 8 aromatic rings. The van der Waals surface area contributed by atoms with Crippen molar-refractivity contribution >= 4 is 57.2 Å². The molecule has 4 nitrogen and oxygen atoms in total. The fourth-order valence-electron chi connectivity index (χ4n) is 13.0. The van der Waals surface area contributed by atoms with Crippen molar-refractivity contribution in [3.8, 4) is 33.9 Å². The van der Waals surface area contributed by atoms with Crippen LogP contribution in [0.3, 0.4) is 0 Å². The zero-order valence-corrected chi connectivity index (χ0v) is 62.0. The van der Waals surface area contributed by atoms with Gasteiger partial charge in [0, 0.05) is 50.8 Å². The Morgan fingerprint density at radius 2 is 0.495 bits per heavy atom. The Bertz CT molecular complexity index is 3760. The van der Waals surface area contributed by atoms with Crippen LogP contribution in [-0.2, 0) is 54.1 Å². The van der Waals surface area contributed by atoms with Gasteiger partial charge in [0.1, 0.15) is 0 Å². The number of rotatable bonds is 5. The average Bonchev–Trinajstić information content (AvgIpc) is 0.693. The van der Waals surface area contributed by atoms with Crippen molar-refractivity contribution in [3.63, 3.8) is 0 Å². The number of anilines is 6. The topological polar surface area (TPSA) is 32.3 Å². The van der Waals surface area contributed by atoms with Crippen molar-refractivity contribution in [2.75, 3.05) is 9.80 Å². The zero-order valence-electron chi connectivity index (χ0n) is 62.0. The number of hydrogen-bond acceptors (Lipinski definition) is 4. The van der Waals surface area contributed by atoms with Crippen LogP contribution >= 0.6 is 0 Å². The summed E-state index contributed by atoms with van der Waals surface area (Å²) in [6, 6.07) is 51.5. The van der Waals surface area contributed by atoms with Crippen molar-refractivity contribution in [3.05, 3.63) is 183 Å². The molecule has 0 saturated heterocycles. The fourth-order valence-corrected chi connectivity index (χ4v) is 13.0. The summed E-state index contributed by atoms with van der Waals surface area (Å²) in [6.07, 6.45) is 0. The van der Waals surface area contributed by atoms with Gasteiger partial charge in [-0.05, 0) is 205 Å². The van der Waals surface area contributed by atoms with E-state index in [1.165, 1.54) is 83.4 Å². The summed E-state index contributed by atoms with van der Waals surface area (Å²) in [5, 5.41) is 0. The smallest absolute Gasteiger partial charge is 0.252 e.